The molecule has 0 aliphatic rings. The number of rotatable bonds is 51. The molecule has 1 atom stereocenters. The van der Waals surface area contributed by atoms with Crippen molar-refractivity contribution in [1.82, 2.24) is 0 Å². The van der Waals surface area contributed by atoms with E-state index >= 15 is 0 Å². The smallest absolute Gasteiger partial charge is 0.306 e. The van der Waals surface area contributed by atoms with Crippen molar-refractivity contribution in [3.8, 4) is 0 Å². The molecule has 1 unspecified atom stereocenters. The molecule has 0 aromatic carbocycles. The van der Waals surface area contributed by atoms with Gasteiger partial charge >= 0.3 is 17.9 Å². The number of ether oxygens (including phenoxy) is 3. The van der Waals surface area contributed by atoms with Gasteiger partial charge in [-0.25, -0.2) is 0 Å². The Morgan fingerprint density at radius 3 is 0.915 bits per heavy atom. The number of carbonyl (C=O) groups excluding carboxylic acids is 3. The Labute approximate surface area is 437 Å². The van der Waals surface area contributed by atoms with Crippen LogP contribution in [0.25, 0.3) is 0 Å². The summed E-state index contributed by atoms with van der Waals surface area (Å²) >= 11 is 0. The summed E-state index contributed by atoms with van der Waals surface area (Å²) in [6, 6.07) is 0. The van der Waals surface area contributed by atoms with Crippen molar-refractivity contribution in [2.45, 2.75) is 258 Å². The van der Waals surface area contributed by atoms with Gasteiger partial charge < -0.3 is 14.2 Å². The molecule has 402 valence electrons. The Hall–Kier alpha value is -4.19. The zero-order chi connectivity index (χ0) is 51.4. The molecule has 0 aromatic rings. The van der Waals surface area contributed by atoms with Gasteiger partial charge in [0, 0.05) is 19.3 Å². The van der Waals surface area contributed by atoms with Gasteiger partial charge in [0.15, 0.2) is 6.10 Å². The molecule has 71 heavy (non-hydrogen) atoms. The molecule has 0 fully saturated rings. The lowest BCUT2D eigenvalue weighted by molar-refractivity contribution is -0.167. The van der Waals surface area contributed by atoms with Crippen LogP contribution in [-0.4, -0.2) is 37.2 Å². The first kappa shape index (κ1) is 66.8. The van der Waals surface area contributed by atoms with Gasteiger partial charge in [-0.2, -0.15) is 0 Å². The van der Waals surface area contributed by atoms with Crippen LogP contribution in [0.15, 0.2) is 122 Å². The maximum atomic E-state index is 12.8. The van der Waals surface area contributed by atoms with Crippen molar-refractivity contribution in [3.05, 3.63) is 122 Å². The van der Waals surface area contributed by atoms with Gasteiger partial charge in [-0.05, 0) is 122 Å². The van der Waals surface area contributed by atoms with Gasteiger partial charge in [-0.1, -0.05) is 232 Å². The van der Waals surface area contributed by atoms with E-state index in [9.17, 15) is 14.4 Å². The van der Waals surface area contributed by atoms with Crippen molar-refractivity contribution in [1.29, 1.82) is 0 Å². The number of esters is 3. The van der Waals surface area contributed by atoms with Gasteiger partial charge in [0.05, 0.1) is 0 Å². The third kappa shape index (κ3) is 56.6. The molecule has 0 radical (unpaired) electrons. The Kier molecular flexibility index (Phi) is 54.9. The second-order valence-corrected chi connectivity index (χ2v) is 18.8. The zero-order valence-corrected chi connectivity index (χ0v) is 45.9. The monoisotopic (exact) mass is 983 g/mol. The van der Waals surface area contributed by atoms with Gasteiger partial charge in [0.25, 0.3) is 0 Å². The van der Waals surface area contributed by atoms with Crippen LogP contribution in [0.3, 0.4) is 0 Å². The Morgan fingerprint density at radius 2 is 0.563 bits per heavy atom. The van der Waals surface area contributed by atoms with E-state index in [-0.39, 0.29) is 37.5 Å². The Balaban J connectivity index is 4.52. The summed E-state index contributed by atoms with van der Waals surface area (Å²) < 4.78 is 16.8. The van der Waals surface area contributed by atoms with Crippen LogP contribution in [0.2, 0.25) is 0 Å². The molecule has 0 N–H and O–H groups in total. The second-order valence-electron chi connectivity index (χ2n) is 18.8. The molecule has 6 heteroatoms. The topological polar surface area (TPSA) is 78.9 Å². The lowest BCUT2D eigenvalue weighted by atomic mass is 10.1. The van der Waals surface area contributed by atoms with Gasteiger partial charge in [0.1, 0.15) is 13.2 Å². The minimum Gasteiger partial charge on any atom is -0.462 e. The predicted octanol–water partition coefficient (Wildman–Crippen LogP) is 19.6. The SMILES string of the molecule is CC/C=C\C/C=C\C/C=C\C/C=C\C/C=C\CCCC(=O)OC(COC(=O)CCCCCCCC/C=C\C/C=C\C/C=C\C/C=C\CC)COC(=O)CCCCCCCCC/C=C\CCCCCCCC. The largest absolute Gasteiger partial charge is 0.462 e. The minimum atomic E-state index is -0.820. The standard InChI is InChI=1S/C65H106O6/c1-4-7-10-13-16-19-22-25-28-31-32-35-37-40-43-46-49-52-55-58-64(67)70-61-62(71-65(68)59-56-53-50-47-44-41-38-34-30-27-24-21-18-15-12-9-6-3)60-69-63(66)57-54-51-48-45-42-39-36-33-29-26-23-20-17-14-11-8-5-2/h7,9-10,12,16,18-19,21,25-30,32,35,38,41,47,50,62H,4-6,8,11,13-15,17,20,22-24,31,33-34,36-37,39-40,42-46,48-49,51-61H2,1-3H3/b10-7-,12-9-,19-16-,21-18-,28-25-,29-26-,30-27-,35-32-,41-38-,50-47-. The molecule has 0 saturated heterocycles. The van der Waals surface area contributed by atoms with Crippen molar-refractivity contribution >= 4 is 17.9 Å². The molecule has 0 bridgehead atoms. The fourth-order valence-electron chi connectivity index (χ4n) is 7.64. The normalized spacial score (nSPS) is 13.0. The number of hydrogen-bond acceptors (Lipinski definition) is 6. The molecule has 0 spiro atoms. The average molecular weight is 984 g/mol. The lowest BCUT2D eigenvalue weighted by Gasteiger charge is -2.18. The van der Waals surface area contributed by atoms with Crippen LogP contribution in [0.1, 0.15) is 252 Å². The lowest BCUT2D eigenvalue weighted by Crippen LogP contribution is -2.30. The van der Waals surface area contributed by atoms with Crippen molar-refractivity contribution in [2.24, 2.45) is 0 Å². The van der Waals surface area contributed by atoms with E-state index in [0.717, 1.165) is 116 Å². The first-order valence-electron chi connectivity index (χ1n) is 29.0. The number of unbranched alkanes of at least 4 members (excludes halogenated alkanes) is 20. The molecule has 0 rings (SSSR count). The molecule has 0 aliphatic heterocycles. The van der Waals surface area contributed by atoms with E-state index in [0.29, 0.717) is 19.3 Å². The first-order valence-corrected chi connectivity index (χ1v) is 29.0. The number of hydrogen-bond donors (Lipinski definition) is 0. The summed E-state index contributed by atoms with van der Waals surface area (Å²) in [5, 5.41) is 0. The summed E-state index contributed by atoms with van der Waals surface area (Å²) in [5.41, 5.74) is 0. The molecule has 0 amide bonds. The van der Waals surface area contributed by atoms with E-state index in [1.165, 1.54) is 89.9 Å². The maximum absolute atomic E-state index is 12.8. The van der Waals surface area contributed by atoms with Crippen molar-refractivity contribution in [3.63, 3.8) is 0 Å². The maximum Gasteiger partial charge on any atom is 0.306 e. The van der Waals surface area contributed by atoms with Crippen molar-refractivity contribution in [2.75, 3.05) is 13.2 Å². The highest BCUT2D eigenvalue weighted by molar-refractivity contribution is 5.71. The van der Waals surface area contributed by atoms with Crippen LogP contribution in [0.5, 0.6) is 0 Å². The third-order valence-electron chi connectivity index (χ3n) is 11.9. The van der Waals surface area contributed by atoms with E-state index in [1.54, 1.807) is 0 Å². The fraction of sp³-hybridized carbons (Fsp3) is 0.646. The zero-order valence-electron chi connectivity index (χ0n) is 45.9. The summed E-state index contributed by atoms with van der Waals surface area (Å²) in [4.78, 5) is 38.2. The number of carbonyl (C=O) groups is 3. The minimum absolute atomic E-state index is 0.110. The quantitative estimate of drug-likeness (QED) is 0.0261. The third-order valence-corrected chi connectivity index (χ3v) is 11.9. The first-order chi connectivity index (χ1) is 35.0. The van der Waals surface area contributed by atoms with E-state index in [4.69, 9.17) is 14.2 Å². The van der Waals surface area contributed by atoms with Crippen LogP contribution >= 0.6 is 0 Å². The molecule has 0 aromatic heterocycles. The summed E-state index contributed by atoms with van der Waals surface area (Å²) in [6.45, 7) is 6.35. The van der Waals surface area contributed by atoms with Crippen LogP contribution in [-0.2, 0) is 28.6 Å². The summed E-state index contributed by atoms with van der Waals surface area (Å²) in [5.74, 6) is -0.988. The van der Waals surface area contributed by atoms with Gasteiger partial charge in [-0.15, -0.1) is 0 Å². The highest BCUT2D eigenvalue weighted by atomic mass is 16.6. The molecular formula is C65H106O6. The highest BCUT2D eigenvalue weighted by Gasteiger charge is 2.19. The predicted molar refractivity (Wildman–Crippen MR) is 306 cm³/mol. The van der Waals surface area contributed by atoms with E-state index < -0.39 is 6.10 Å². The fourth-order valence-corrected chi connectivity index (χ4v) is 7.64. The molecule has 6 nitrogen and oxygen atoms in total. The van der Waals surface area contributed by atoms with E-state index in [1.807, 2.05) is 0 Å². The highest BCUT2D eigenvalue weighted by Crippen LogP contribution is 2.14. The van der Waals surface area contributed by atoms with Crippen LogP contribution < -0.4 is 0 Å². The Morgan fingerprint density at radius 1 is 0.296 bits per heavy atom. The molecule has 0 aliphatic carbocycles. The van der Waals surface area contributed by atoms with Gasteiger partial charge in [-0.3, -0.25) is 14.4 Å². The Bertz CT molecular complexity index is 1500. The van der Waals surface area contributed by atoms with Crippen molar-refractivity contribution < 1.29 is 28.6 Å². The van der Waals surface area contributed by atoms with Gasteiger partial charge in [0.2, 0.25) is 0 Å². The summed E-state index contributed by atoms with van der Waals surface area (Å²) in [6.07, 6.45) is 80.5. The molecule has 0 heterocycles. The molecular weight excluding hydrogens is 877 g/mol. The van der Waals surface area contributed by atoms with E-state index in [2.05, 4.69) is 142 Å². The summed E-state index contributed by atoms with van der Waals surface area (Å²) in [7, 11) is 0. The number of allylic oxidation sites excluding steroid dienone is 20. The second kappa shape index (κ2) is 58.4. The van der Waals surface area contributed by atoms with Crippen LogP contribution in [0.4, 0.5) is 0 Å². The van der Waals surface area contributed by atoms with Crippen LogP contribution in [0, 0.1) is 0 Å². The molecule has 0 saturated carbocycles. The average Bonchev–Trinajstić information content (AvgIpc) is 3.37.